The maximum Gasteiger partial charge on any atom is 0.226 e. The number of hydrogen-bond donors (Lipinski definition) is 1. The van der Waals surface area contributed by atoms with E-state index in [0.29, 0.717) is 5.92 Å². The fourth-order valence-electron chi connectivity index (χ4n) is 4.56. The van der Waals surface area contributed by atoms with Gasteiger partial charge < -0.3 is 14.8 Å². The average molecular weight is 473 g/mol. The van der Waals surface area contributed by atoms with E-state index >= 15 is 0 Å². The number of nitrogens with zero attached hydrogens (tertiary/aromatic N) is 1. The van der Waals surface area contributed by atoms with Crippen molar-refractivity contribution < 1.29 is 14.3 Å². The largest absolute Gasteiger partial charge is 0.497 e. The molecule has 1 fully saturated rings. The van der Waals surface area contributed by atoms with Crippen LogP contribution in [0.2, 0.25) is 0 Å². The number of methoxy groups -OCH3 is 1. The van der Waals surface area contributed by atoms with Crippen LogP contribution in [0.25, 0.3) is 0 Å². The first kappa shape index (κ1) is 24.8. The zero-order chi connectivity index (χ0) is 24.6. The maximum atomic E-state index is 12.1. The molecule has 3 aromatic carbocycles. The molecule has 184 valence electrons. The van der Waals surface area contributed by atoms with Crippen LogP contribution in [0.4, 0.5) is 5.69 Å². The predicted octanol–water partition coefficient (Wildman–Crippen LogP) is 6.29. The van der Waals surface area contributed by atoms with Gasteiger partial charge in [0.05, 0.1) is 7.11 Å². The first-order valence-electron chi connectivity index (χ1n) is 12.5. The Morgan fingerprint density at radius 2 is 1.66 bits per heavy atom. The quantitative estimate of drug-likeness (QED) is 0.398. The summed E-state index contributed by atoms with van der Waals surface area (Å²) in [5, 5.41) is 3.03. The number of hydrogen-bond acceptors (Lipinski definition) is 4. The molecule has 1 atom stereocenters. The molecule has 1 heterocycles. The van der Waals surface area contributed by atoms with Crippen LogP contribution in [0.3, 0.4) is 0 Å². The summed E-state index contributed by atoms with van der Waals surface area (Å²) in [6.45, 7) is 6.68. The van der Waals surface area contributed by atoms with Crippen molar-refractivity contribution in [2.75, 3.05) is 32.1 Å². The van der Waals surface area contributed by atoms with E-state index in [2.05, 4.69) is 46.6 Å². The standard InChI is InChI=1S/C30H36N2O3/c1-22(2)30(33)31-26-12-7-11-25(19-26)23-15-17-32(18-16-23)21-29(24-9-5-4-6-10-24)35-28-14-8-13-27(20-28)34-3/h4-14,19-20,22-23,29H,15-18,21H2,1-3H3,(H,31,33). The summed E-state index contributed by atoms with van der Waals surface area (Å²) in [5.41, 5.74) is 3.36. The van der Waals surface area contributed by atoms with Crippen molar-refractivity contribution in [1.82, 2.24) is 4.90 Å². The van der Waals surface area contributed by atoms with Gasteiger partial charge in [0.15, 0.2) is 0 Å². The van der Waals surface area contributed by atoms with E-state index in [4.69, 9.17) is 9.47 Å². The van der Waals surface area contributed by atoms with Gasteiger partial charge in [0.2, 0.25) is 5.91 Å². The molecule has 0 aromatic heterocycles. The molecular formula is C30H36N2O3. The average Bonchev–Trinajstić information content (AvgIpc) is 2.89. The summed E-state index contributed by atoms with van der Waals surface area (Å²) in [6, 6.07) is 26.6. The highest BCUT2D eigenvalue weighted by Gasteiger charge is 2.25. The fraction of sp³-hybridized carbons (Fsp3) is 0.367. The first-order chi connectivity index (χ1) is 17.0. The number of piperidine rings is 1. The first-order valence-corrected chi connectivity index (χ1v) is 12.5. The summed E-state index contributed by atoms with van der Waals surface area (Å²) >= 11 is 0. The van der Waals surface area contributed by atoms with Crippen molar-refractivity contribution >= 4 is 11.6 Å². The molecule has 0 bridgehead atoms. The second-order valence-electron chi connectivity index (χ2n) is 9.54. The van der Waals surface area contributed by atoms with Crippen molar-refractivity contribution in [3.63, 3.8) is 0 Å². The Balaban J connectivity index is 1.39. The zero-order valence-electron chi connectivity index (χ0n) is 20.9. The van der Waals surface area contributed by atoms with Crippen LogP contribution in [0.15, 0.2) is 78.9 Å². The van der Waals surface area contributed by atoms with Gasteiger partial charge >= 0.3 is 0 Å². The van der Waals surface area contributed by atoms with E-state index in [1.165, 1.54) is 11.1 Å². The lowest BCUT2D eigenvalue weighted by molar-refractivity contribution is -0.118. The molecular weight excluding hydrogens is 436 g/mol. The van der Waals surface area contributed by atoms with Crippen molar-refractivity contribution in [3.8, 4) is 11.5 Å². The minimum atomic E-state index is -0.0607. The molecule has 1 saturated heterocycles. The fourth-order valence-corrected chi connectivity index (χ4v) is 4.56. The van der Waals surface area contributed by atoms with E-state index in [9.17, 15) is 4.79 Å². The van der Waals surface area contributed by atoms with E-state index in [-0.39, 0.29) is 17.9 Å². The molecule has 0 spiro atoms. The third kappa shape index (κ3) is 6.86. The zero-order valence-corrected chi connectivity index (χ0v) is 20.9. The van der Waals surface area contributed by atoms with Gasteiger partial charge in [-0.3, -0.25) is 9.69 Å². The number of benzene rings is 3. The molecule has 1 amide bonds. The summed E-state index contributed by atoms with van der Waals surface area (Å²) in [6.07, 6.45) is 2.11. The van der Waals surface area contributed by atoms with Gasteiger partial charge in [-0.2, -0.15) is 0 Å². The molecule has 5 heteroatoms. The number of amides is 1. The highest BCUT2D eigenvalue weighted by atomic mass is 16.5. The number of carbonyl (C=O) groups is 1. The Morgan fingerprint density at radius 3 is 2.37 bits per heavy atom. The predicted molar refractivity (Wildman–Crippen MR) is 141 cm³/mol. The van der Waals surface area contributed by atoms with Gasteiger partial charge in [0.25, 0.3) is 0 Å². The third-order valence-electron chi connectivity index (χ3n) is 6.65. The van der Waals surface area contributed by atoms with E-state index in [1.54, 1.807) is 7.11 Å². The van der Waals surface area contributed by atoms with E-state index < -0.39 is 0 Å². The Labute approximate surface area is 209 Å². The normalized spacial score (nSPS) is 15.5. The number of nitrogens with one attached hydrogen (secondary N) is 1. The van der Waals surface area contributed by atoms with Crippen LogP contribution in [0.1, 0.15) is 49.8 Å². The second-order valence-corrected chi connectivity index (χ2v) is 9.54. The molecule has 1 N–H and O–H groups in total. The van der Waals surface area contributed by atoms with Gasteiger partial charge in [-0.1, -0.05) is 62.4 Å². The molecule has 3 aromatic rings. The van der Waals surface area contributed by atoms with Crippen molar-refractivity contribution in [3.05, 3.63) is 90.0 Å². The maximum absolute atomic E-state index is 12.1. The Hall–Kier alpha value is -3.31. The van der Waals surface area contributed by atoms with Gasteiger partial charge in [-0.05, 0) is 67.2 Å². The molecule has 0 radical (unpaired) electrons. The van der Waals surface area contributed by atoms with E-state index in [1.807, 2.05) is 56.3 Å². The van der Waals surface area contributed by atoms with E-state index in [0.717, 1.165) is 49.7 Å². The molecule has 5 nitrogen and oxygen atoms in total. The monoisotopic (exact) mass is 472 g/mol. The third-order valence-corrected chi connectivity index (χ3v) is 6.65. The van der Waals surface area contributed by atoms with Crippen molar-refractivity contribution in [1.29, 1.82) is 0 Å². The van der Waals surface area contributed by atoms with Crippen LogP contribution in [0.5, 0.6) is 11.5 Å². The highest BCUT2D eigenvalue weighted by Crippen LogP contribution is 2.32. The Kier molecular flexibility index (Phi) is 8.43. The van der Waals surface area contributed by atoms with Crippen LogP contribution >= 0.6 is 0 Å². The molecule has 4 rings (SSSR count). The lowest BCUT2D eigenvalue weighted by Gasteiger charge is -2.34. The molecule has 1 aliphatic rings. The summed E-state index contributed by atoms with van der Waals surface area (Å²) in [4.78, 5) is 14.6. The summed E-state index contributed by atoms with van der Waals surface area (Å²) in [7, 11) is 1.67. The van der Waals surface area contributed by atoms with Crippen LogP contribution in [-0.4, -0.2) is 37.6 Å². The Morgan fingerprint density at radius 1 is 0.943 bits per heavy atom. The molecule has 1 aliphatic heterocycles. The van der Waals surface area contributed by atoms with Gasteiger partial charge in [0.1, 0.15) is 17.6 Å². The van der Waals surface area contributed by atoms with Crippen LogP contribution in [0, 0.1) is 5.92 Å². The number of likely N-dealkylation sites (tertiary alicyclic amines) is 1. The minimum absolute atomic E-state index is 0.0290. The lowest BCUT2D eigenvalue weighted by Crippen LogP contribution is -2.37. The van der Waals surface area contributed by atoms with Crippen molar-refractivity contribution in [2.24, 2.45) is 5.92 Å². The van der Waals surface area contributed by atoms with Crippen LogP contribution < -0.4 is 14.8 Å². The minimum Gasteiger partial charge on any atom is -0.497 e. The van der Waals surface area contributed by atoms with Gasteiger partial charge in [0, 0.05) is 24.2 Å². The number of carbonyl (C=O) groups excluding carboxylic acids is 1. The van der Waals surface area contributed by atoms with Crippen molar-refractivity contribution in [2.45, 2.75) is 38.7 Å². The molecule has 0 aliphatic carbocycles. The molecule has 0 saturated carbocycles. The lowest BCUT2D eigenvalue weighted by atomic mass is 9.89. The highest BCUT2D eigenvalue weighted by molar-refractivity contribution is 5.92. The molecule has 35 heavy (non-hydrogen) atoms. The second kappa shape index (κ2) is 11.9. The molecule has 1 unspecified atom stereocenters. The number of ether oxygens (including phenoxy) is 2. The smallest absolute Gasteiger partial charge is 0.226 e. The summed E-state index contributed by atoms with van der Waals surface area (Å²) < 4.78 is 11.8. The summed E-state index contributed by atoms with van der Waals surface area (Å²) in [5.74, 6) is 2.13. The Bertz CT molecular complexity index is 1090. The SMILES string of the molecule is COc1cccc(OC(CN2CCC(c3cccc(NC(=O)C(C)C)c3)CC2)c2ccccc2)c1. The number of rotatable bonds is 9. The topological polar surface area (TPSA) is 50.8 Å². The van der Waals surface area contributed by atoms with Crippen LogP contribution in [-0.2, 0) is 4.79 Å². The van der Waals surface area contributed by atoms with Gasteiger partial charge in [-0.15, -0.1) is 0 Å². The number of anilines is 1. The van der Waals surface area contributed by atoms with Gasteiger partial charge in [-0.25, -0.2) is 0 Å².